The normalized spacial score (nSPS) is 34.0. The van der Waals surface area contributed by atoms with Crippen LogP contribution in [0.5, 0.6) is 0 Å². The molecule has 2 saturated heterocycles. The van der Waals surface area contributed by atoms with Crippen molar-refractivity contribution in [3.8, 4) is 0 Å². The molecule has 0 amide bonds. The van der Waals surface area contributed by atoms with Gasteiger partial charge in [0.25, 0.3) is 0 Å². The first-order valence-electron chi connectivity index (χ1n) is 10.7. The number of nitrogens with zero attached hydrogens (tertiary/aromatic N) is 3. The van der Waals surface area contributed by atoms with Crippen LogP contribution in [0.1, 0.15) is 53.4 Å². The molecule has 1 atom stereocenters. The molecule has 3 rings (SSSR count). The van der Waals surface area contributed by atoms with Crippen molar-refractivity contribution in [3.05, 3.63) is 0 Å². The minimum atomic E-state index is 0.584. The Bertz CT molecular complexity index is 400. The SMILES string of the molecule is COC[C@@H]1CN(C2CCC(C(C)C)CC2)CCN1C1CN(C(C)C)C1. The molecule has 0 aromatic carbocycles. The van der Waals surface area contributed by atoms with Gasteiger partial charge in [-0.3, -0.25) is 14.7 Å². The summed E-state index contributed by atoms with van der Waals surface area (Å²) in [5.41, 5.74) is 0. The standard InChI is InChI=1S/C21H41N3O/c1-16(2)18-6-8-19(9-7-18)22-10-11-24(21(14-22)15-25-5)20-12-23(13-20)17(3)4/h16-21H,6-15H2,1-5H3/t18?,19?,21-/m0/s1. The van der Waals surface area contributed by atoms with E-state index in [1.807, 2.05) is 7.11 Å². The van der Waals surface area contributed by atoms with Crippen LogP contribution < -0.4 is 0 Å². The third kappa shape index (κ3) is 4.58. The minimum Gasteiger partial charge on any atom is -0.383 e. The highest BCUT2D eigenvalue weighted by Gasteiger charge is 2.40. The third-order valence-electron chi connectivity index (χ3n) is 7.21. The Kier molecular flexibility index (Phi) is 6.81. The lowest BCUT2D eigenvalue weighted by atomic mass is 9.79. The van der Waals surface area contributed by atoms with Crippen molar-refractivity contribution in [1.29, 1.82) is 0 Å². The number of ether oxygens (including phenoxy) is 1. The summed E-state index contributed by atoms with van der Waals surface area (Å²) in [4.78, 5) is 8.16. The van der Waals surface area contributed by atoms with E-state index in [4.69, 9.17) is 4.74 Å². The summed E-state index contributed by atoms with van der Waals surface area (Å²) in [6, 6.07) is 2.85. The first-order valence-corrected chi connectivity index (χ1v) is 10.7. The molecule has 3 fully saturated rings. The first-order chi connectivity index (χ1) is 12.0. The van der Waals surface area contributed by atoms with Crippen LogP contribution in [-0.2, 0) is 4.74 Å². The lowest BCUT2D eigenvalue weighted by Gasteiger charge is -2.54. The van der Waals surface area contributed by atoms with Gasteiger partial charge in [-0.15, -0.1) is 0 Å². The van der Waals surface area contributed by atoms with Gasteiger partial charge < -0.3 is 4.74 Å². The predicted molar refractivity (Wildman–Crippen MR) is 105 cm³/mol. The molecule has 0 N–H and O–H groups in total. The molecule has 1 aliphatic carbocycles. The monoisotopic (exact) mass is 351 g/mol. The Morgan fingerprint density at radius 1 is 0.880 bits per heavy atom. The second-order valence-corrected chi connectivity index (χ2v) is 9.36. The van der Waals surface area contributed by atoms with E-state index in [0.717, 1.165) is 30.5 Å². The van der Waals surface area contributed by atoms with Crippen LogP contribution in [0.2, 0.25) is 0 Å². The predicted octanol–water partition coefficient (Wildman–Crippen LogP) is 2.93. The molecular weight excluding hydrogens is 310 g/mol. The van der Waals surface area contributed by atoms with E-state index in [1.54, 1.807) is 0 Å². The van der Waals surface area contributed by atoms with Crippen LogP contribution in [0.25, 0.3) is 0 Å². The van der Waals surface area contributed by atoms with Crippen molar-refractivity contribution in [2.75, 3.05) is 46.4 Å². The summed E-state index contributed by atoms with van der Waals surface area (Å²) in [6.45, 7) is 16.5. The fraction of sp³-hybridized carbons (Fsp3) is 1.00. The number of methoxy groups -OCH3 is 1. The smallest absolute Gasteiger partial charge is 0.0630 e. The fourth-order valence-corrected chi connectivity index (χ4v) is 5.30. The molecule has 4 heteroatoms. The highest BCUT2D eigenvalue weighted by molar-refractivity contribution is 4.96. The van der Waals surface area contributed by atoms with E-state index in [-0.39, 0.29) is 0 Å². The molecule has 3 aliphatic rings. The second kappa shape index (κ2) is 8.69. The average Bonchev–Trinajstić information content (AvgIpc) is 2.55. The number of rotatable bonds is 6. The summed E-state index contributed by atoms with van der Waals surface area (Å²) < 4.78 is 5.61. The van der Waals surface area contributed by atoms with Gasteiger partial charge in [0.1, 0.15) is 0 Å². The Balaban J connectivity index is 1.51. The topological polar surface area (TPSA) is 19.0 Å². The van der Waals surface area contributed by atoms with Gasteiger partial charge in [0.15, 0.2) is 0 Å². The van der Waals surface area contributed by atoms with Crippen LogP contribution in [0.15, 0.2) is 0 Å². The van der Waals surface area contributed by atoms with Gasteiger partial charge in [-0.05, 0) is 51.4 Å². The Morgan fingerprint density at radius 2 is 1.56 bits per heavy atom. The molecule has 1 saturated carbocycles. The number of likely N-dealkylation sites (tertiary alicyclic amines) is 1. The van der Waals surface area contributed by atoms with E-state index in [1.165, 1.54) is 58.4 Å². The Labute approximate surface area is 155 Å². The maximum absolute atomic E-state index is 5.61. The van der Waals surface area contributed by atoms with Gasteiger partial charge in [-0.2, -0.15) is 0 Å². The molecular formula is C21H41N3O. The maximum Gasteiger partial charge on any atom is 0.0630 e. The molecule has 0 spiro atoms. The van der Waals surface area contributed by atoms with Crippen molar-refractivity contribution in [2.45, 2.75) is 77.5 Å². The van der Waals surface area contributed by atoms with Crippen LogP contribution in [0, 0.1) is 11.8 Å². The van der Waals surface area contributed by atoms with Crippen molar-refractivity contribution < 1.29 is 4.74 Å². The van der Waals surface area contributed by atoms with Gasteiger partial charge >= 0.3 is 0 Å². The second-order valence-electron chi connectivity index (χ2n) is 9.36. The van der Waals surface area contributed by atoms with E-state index >= 15 is 0 Å². The van der Waals surface area contributed by atoms with E-state index in [2.05, 4.69) is 42.4 Å². The Hall–Kier alpha value is -0.160. The summed E-state index contributed by atoms with van der Waals surface area (Å²) in [7, 11) is 1.87. The van der Waals surface area contributed by atoms with Crippen LogP contribution in [0.4, 0.5) is 0 Å². The van der Waals surface area contributed by atoms with Crippen molar-refractivity contribution in [3.63, 3.8) is 0 Å². The molecule has 0 aromatic heterocycles. The molecule has 2 aliphatic heterocycles. The van der Waals surface area contributed by atoms with Gasteiger partial charge in [0.2, 0.25) is 0 Å². The molecule has 0 radical (unpaired) electrons. The van der Waals surface area contributed by atoms with Gasteiger partial charge in [0, 0.05) is 64.0 Å². The molecule has 2 heterocycles. The molecule has 4 nitrogen and oxygen atoms in total. The lowest BCUT2D eigenvalue weighted by Crippen LogP contribution is -2.68. The largest absolute Gasteiger partial charge is 0.383 e. The summed E-state index contributed by atoms with van der Waals surface area (Å²) in [5.74, 6) is 1.82. The van der Waals surface area contributed by atoms with E-state index < -0.39 is 0 Å². The van der Waals surface area contributed by atoms with Crippen LogP contribution in [0.3, 0.4) is 0 Å². The molecule has 25 heavy (non-hydrogen) atoms. The highest BCUT2D eigenvalue weighted by Crippen LogP contribution is 2.33. The zero-order valence-corrected chi connectivity index (χ0v) is 17.3. The third-order valence-corrected chi connectivity index (χ3v) is 7.21. The van der Waals surface area contributed by atoms with Gasteiger partial charge in [-0.1, -0.05) is 13.8 Å². The summed E-state index contributed by atoms with van der Waals surface area (Å²) >= 11 is 0. The zero-order valence-electron chi connectivity index (χ0n) is 17.3. The lowest BCUT2D eigenvalue weighted by molar-refractivity contribution is -0.0679. The van der Waals surface area contributed by atoms with Gasteiger partial charge in [-0.25, -0.2) is 0 Å². The van der Waals surface area contributed by atoms with Crippen molar-refractivity contribution in [1.82, 2.24) is 14.7 Å². The quantitative estimate of drug-likeness (QED) is 0.732. The van der Waals surface area contributed by atoms with Crippen LogP contribution >= 0.6 is 0 Å². The van der Waals surface area contributed by atoms with Crippen molar-refractivity contribution in [2.24, 2.45) is 11.8 Å². The first kappa shape index (κ1) is 19.6. The minimum absolute atomic E-state index is 0.584. The zero-order chi connectivity index (χ0) is 18.0. The van der Waals surface area contributed by atoms with E-state index in [0.29, 0.717) is 12.1 Å². The maximum atomic E-state index is 5.61. The molecule has 0 aromatic rings. The molecule has 146 valence electrons. The molecule has 0 bridgehead atoms. The summed E-state index contributed by atoms with van der Waals surface area (Å²) in [6.07, 6.45) is 5.69. The fourth-order valence-electron chi connectivity index (χ4n) is 5.30. The highest BCUT2D eigenvalue weighted by atomic mass is 16.5. The number of hydrogen-bond donors (Lipinski definition) is 0. The number of hydrogen-bond acceptors (Lipinski definition) is 4. The number of piperazine rings is 1. The van der Waals surface area contributed by atoms with Gasteiger partial charge in [0.05, 0.1) is 6.61 Å². The molecule has 0 unspecified atom stereocenters. The average molecular weight is 352 g/mol. The summed E-state index contributed by atoms with van der Waals surface area (Å²) in [5, 5.41) is 0. The van der Waals surface area contributed by atoms with Crippen molar-refractivity contribution >= 4 is 0 Å². The van der Waals surface area contributed by atoms with E-state index in [9.17, 15) is 0 Å². The van der Waals surface area contributed by atoms with Crippen LogP contribution in [-0.4, -0.2) is 85.3 Å². The Morgan fingerprint density at radius 3 is 2.12 bits per heavy atom.